The molecule has 2 nitrogen and oxygen atoms in total. The van der Waals surface area contributed by atoms with E-state index in [-0.39, 0.29) is 12.3 Å². The maximum absolute atomic E-state index is 12.0. The van der Waals surface area contributed by atoms with Gasteiger partial charge >= 0.3 is 6.36 Å². The monoisotopic (exact) mass is 287 g/mol. The van der Waals surface area contributed by atoms with E-state index in [9.17, 15) is 13.2 Å². The largest absolute Gasteiger partial charge is 0.522 e. The smallest absolute Gasteiger partial charge is 0.309 e. The van der Waals surface area contributed by atoms with Crippen molar-refractivity contribution in [3.05, 3.63) is 35.4 Å². The molecule has 0 saturated carbocycles. The van der Waals surface area contributed by atoms with Gasteiger partial charge in [-0.15, -0.1) is 13.2 Å². The lowest BCUT2D eigenvalue weighted by atomic mass is 9.88. The Kier molecular flexibility index (Phi) is 6.20. The Labute approximate surface area is 117 Å². The first kappa shape index (κ1) is 16.7. The van der Waals surface area contributed by atoms with E-state index in [1.165, 1.54) is 0 Å². The average molecular weight is 287 g/mol. The summed E-state index contributed by atoms with van der Waals surface area (Å²) in [7, 11) is 0. The normalized spacial score (nSPS) is 13.2. The molecule has 0 aliphatic heterocycles. The minimum absolute atomic E-state index is 0.168. The Morgan fingerprint density at radius 1 is 1.35 bits per heavy atom. The van der Waals surface area contributed by atoms with Crippen molar-refractivity contribution in [3.8, 4) is 0 Å². The van der Waals surface area contributed by atoms with Gasteiger partial charge in [0.2, 0.25) is 0 Å². The molecule has 0 radical (unpaired) electrons. The van der Waals surface area contributed by atoms with Gasteiger partial charge in [-0.05, 0) is 25.3 Å². The van der Waals surface area contributed by atoms with Gasteiger partial charge < -0.3 is 5.41 Å². The van der Waals surface area contributed by atoms with Crippen LogP contribution in [0.15, 0.2) is 24.3 Å². The van der Waals surface area contributed by atoms with Crippen LogP contribution in [-0.2, 0) is 4.74 Å². The van der Waals surface area contributed by atoms with E-state index >= 15 is 0 Å². The van der Waals surface area contributed by atoms with Crippen LogP contribution in [0.4, 0.5) is 13.2 Å². The van der Waals surface area contributed by atoms with Crippen LogP contribution in [0.5, 0.6) is 0 Å². The molecule has 1 atom stereocenters. The summed E-state index contributed by atoms with van der Waals surface area (Å²) in [6.07, 6.45) is -3.04. The lowest BCUT2D eigenvalue weighted by molar-refractivity contribution is -0.324. The Hall–Kier alpha value is -1.36. The number of benzene rings is 1. The molecule has 1 N–H and O–H groups in total. The summed E-state index contributed by atoms with van der Waals surface area (Å²) in [5.74, 6) is -0.308. The van der Waals surface area contributed by atoms with Gasteiger partial charge in [0.25, 0.3) is 0 Å². The Bertz CT molecular complexity index is 443. The number of aryl methyl sites for hydroxylation is 1. The highest BCUT2D eigenvalue weighted by atomic mass is 19.4. The van der Waals surface area contributed by atoms with Crippen LogP contribution in [-0.4, -0.2) is 18.7 Å². The molecule has 0 aromatic heterocycles. The van der Waals surface area contributed by atoms with E-state index in [1.54, 1.807) is 0 Å². The van der Waals surface area contributed by atoms with Gasteiger partial charge in [0.1, 0.15) is 0 Å². The second kappa shape index (κ2) is 7.43. The minimum Gasteiger partial charge on any atom is -0.309 e. The lowest BCUT2D eigenvalue weighted by Gasteiger charge is -2.19. The molecule has 0 bridgehead atoms. The molecule has 0 heterocycles. The topological polar surface area (TPSA) is 33.1 Å². The summed E-state index contributed by atoms with van der Waals surface area (Å²) in [6, 6.07) is 7.57. The molecule has 0 amide bonds. The van der Waals surface area contributed by atoms with Crippen LogP contribution in [0, 0.1) is 12.3 Å². The Morgan fingerprint density at radius 2 is 2.05 bits per heavy atom. The lowest BCUT2D eigenvalue weighted by Crippen LogP contribution is -2.19. The fourth-order valence-corrected chi connectivity index (χ4v) is 2.17. The summed E-state index contributed by atoms with van der Waals surface area (Å²) < 4.78 is 40.0. The molecule has 112 valence electrons. The first-order chi connectivity index (χ1) is 9.33. The van der Waals surface area contributed by atoms with Crippen molar-refractivity contribution >= 4 is 5.71 Å². The molecule has 1 unspecified atom stereocenters. The zero-order valence-electron chi connectivity index (χ0n) is 11.8. The van der Waals surface area contributed by atoms with Crippen LogP contribution >= 0.6 is 0 Å². The van der Waals surface area contributed by atoms with Gasteiger partial charge in [-0.2, -0.15) is 0 Å². The average Bonchev–Trinajstić information content (AvgIpc) is 2.33. The van der Waals surface area contributed by atoms with Gasteiger partial charge in [0, 0.05) is 11.6 Å². The minimum atomic E-state index is -4.61. The Balaban J connectivity index is 2.78. The van der Waals surface area contributed by atoms with Crippen LogP contribution in [0.25, 0.3) is 0 Å². The van der Waals surface area contributed by atoms with E-state index < -0.39 is 13.0 Å². The highest BCUT2D eigenvalue weighted by molar-refractivity contribution is 5.88. The van der Waals surface area contributed by atoms with Gasteiger partial charge in [-0.3, -0.25) is 4.74 Å². The zero-order chi connectivity index (χ0) is 15.2. The van der Waals surface area contributed by atoms with E-state index in [0.717, 1.165) is 17.5 Å². The molecule has 0 saturated heterocycles. The molecule has 1 rings (SSSR count). The van der Waals surface area contributed by atoms with Crippen molar-refractivity contribution in [2.75, 3.05) is 6.61 Å². The quantitative estimate of drug-likeness (QED) is 0.716. The SMILES string of the molecule is CCCC(=N)C(CCOC(F)(F)F)c1cccc(C)c1. The number of ether oxygens (including phenoxy) is 1. The van der Waals surface area contributed by atoms with Crippen molar-refractivity contribution < 1.29 is 17.9 Å². The Morgan fingerprint density at radius 3 is 2.60 bits per heavy atom. The van der Waals surface area contributed by atoms with E-state index in [4.69, 9.17) is 5.41 Å². The fourth-order valence-electron chi connectivity index (χ4n) is 2.17. The van der Waals surface area contributed by atoms with Crippen LogP contribution in [0.1, 0.15) is 43.2 Å². The van der Waals surface area contributed by atoms with Crippen LogP contribution in [0.3, 0.4) is 0 Å². The predicted molar refractivity (Wildman–Crippen MR) is 73.2 cm³/mol. The van der Waals surface area contributed by atoms with Crippen molar-refractivity contribution in [2.24, 2.45) is 0 Å². The third kappa shape index (κ3) is 5.74. The summed E-state index contributed by atoms with van der Waals surface area (Å²) >= 11 is 0. The fraction of sp³-hybridized carbons (Fsp3) is 0.533. The highest BCUT2D eigenvalue weighted by Crippen LogP contribution is 2.26. The predicted octanol–water partition coefficient (Wildman–Crippen LogP) is 4.82. The number of hydrogen-bond donors (Lipinski definition) is 1. The van der Waals surface area contributed by atoms with E-state index in [2.05, 4.69) is 4.74 Å². The van der Waals surface area contributed by atoms with Gasteiger partial charge in [0.15, 0.2) is 0 Å². The molecule has 0 aliphatic carbocycles. The number of nitrogens with one attached hydrogen (secondary N) is 1. The zero-order valence-corrected chi connectivity index (χ0v) is 11.8. The van der Waals surface area contributed by atoms with E-state index in [0.29, 0.717) is 12.1 Å². The third-order valence-corrected chi connectivity index (χ3v) is 3.06. The number of hydrogen-bond acceptors (Lipinski definition) is 2. The van der Waals surface area contributed by atoms with Gasteiger partial charge in [-0.1, -0.05) is 43.2 Å². The first-order valence-corrected chi connectivity index (χ1v) is 6.68. The van der Waals surface area contributed by atoms with E-state index in [1.807, 2.05) is 38.1 Å². The van der Waals surface area contributed by atoms with Crippen LogP contribution < -0.4 is 0 Å². The van der Waals surface area contributed by atoms with Gasteiger partial charge in [-0.25, -0.2) is 0 Å². The van der Waals surface area contributed by atoms with Crippen LogP contribution in [0.2, 0.25) is 0 Å². The second-order valence-electron chi connectivity index (χ2n) is 4.82. The van der Waals surface area contributed by atoms with Crippen molar-refractivity contribution in [1.82, 2.24) is 0 Å². The molecule has 5 heteroatoms. The molecule has 0 aliphatic rings. The summed E-state index contributed by atoms with van der Waals surface area (Å²) in [5.41, 5.74) is 2.38. The highest BCUT2D eigenvalue weighted by Gasteiger charge is 2.29. The molecule has 1 aromatic rings. The first-order valence-electron chi connectivity index (χ1n) is 6.68. The molecular formula is C15H20F3NO. The summed E-state index contributed by atoms with van der Waals surface area (Å²) in [4.78, 5) is 0. The van der Waals surface area contributed by atoms with Crippen molar-refractivity contribution in [1.29, 1.82) is 5.41 Å². The van der Waals surface area contributed by atoms with Crippen molar-refractivity contribution in [2.45, 2.75) is 45.4 Å². The number of alkyl halides is 3. The molecular weight excluding hydrogens is 267 g/mol. The number of rotatable bonds is 7. The molecule has 20 heavy (non-hydrogen) atoms. The maximum Gasteiger partial charge on any atom is 0.522 e. The standard InChI is InChI=1S/C15H20F3NO/c1-3-5-14(19)13(8-9-20-15(16,17)18)12-7-4-6-11(2)10-12/h4,6-7,10,13,19H,3,5,8-9H2,1-2H3. The summed E-state index contributed by atoms with van der Waals surface area (Å²) in [5, 5.41) is 8.05. The molecule has 1 aromatic carbocycles. The maximum atomic E-state index is 12.0. The summed E-state index contributed by atoms with van der Waals surface area (Å²) in [6.45, 7) is 3.46. The van der Waals surface area contributed by atoms with Crippen molar-refractivity contribution in [3.63, 3.8) is 0 Å². The van der Waals surface area contributed by atoms with Gasteiger partial charge in [0.05, 0.1) is 6.61 Å². The molecule has 0 spiro atoms. The third-order valence-electron chi connectivity index (χ3n) is 3.06. The second-order valence-corrected chi connectivity index (χ2v) is 4.82. The number of halogens is 3. The molecule has 0 fully saturated rings.